The highest BCUT2D eigenvalue weighted by atomic mass is 15.0. The van der Waals surface area contributed by atoms with Crippen LogP contribution >= 0.6 is 0 Å². The maximum Gasteiger partial charge on any atom is 0.100 e. The van der Waals surface area contributed by atoms with Gasteiger partial charge < -0.3 is 5.73 Å². The molecule has 0 unspecified atom stereocenters. The maximum atomic E-state index is 5.78. The van der Waals surface area contributed by atoms with Crippen molar-refractivity contribution < 1.29 is 0 Å². The highest BCUT2D eigenvalue weighted by molar-refractivity contribution is 5.77. The lowest BCUT2D eigenvalue weighted by atomic mass is 10.2. The summed E-state index contributed by atoms with van der Waals surface area (Å²) in [6.45, 7) is 0. The number of hydrogen-bond donors (Lipinski definition) is 1. The fraction of sp³-hybridized carbons (Fsp3) is 0. The molecular weight excluding hydrogens is 198 g/mol. The maximum absolute atomic E-state index is 5.78. The van der Waals surface area contributed by atoms with E-state index in [1.54, 1.807) is 0 Å². The zero-order chi connectivity index (χ0) is 11.0. The molecule has 0 aliphatic carbocycles. The van der Waals surface area contributed by atoms with Crippen LogP contribution in [0.4, 0.5) is 5.69 Å². The number of fused-ring (bicyclic) bond motifs is 1. The molecule has 2 aromatic carbocycles. The third kappa shape index (κ3) is 1.34. The summed E-state index contributed by atoms with van der Waals surface area (Å²) in [5.41, 5.74) is 9.65. The Balaban J connectivity index is 2.26. The predicted octanol–water partition coefficient (Wildman–Crippen LogP) is 2.61. The van der Waals surface area contributed by atoms with Gasteiger partial charge in [0.15, 0.2) is 0 Å². The van der Waals surface area contributed by atoms with Crippen molar-refractivity contribution in [3.63, 3.8) is 0 Å². The van der Waals surface area contributed by atoms with E-state index in [4.69, 9.17) is 5.73 Å². The molecule has 16 heavy (non-hydrogen) atoms. The Morgan fingerprint density at radius 1 is 1.00 bits per heavy atom. The minimum atomic E-state index is 0.760. The van der Waals surface area contributed by atoms with E-state index in [1.807, 2.05) is 59.4 Å². The van der Waals surface area contributed by atoms with Crippen molar-refractivity contribution in [2.45, 2.75) is 0 Å². The molecule has 0 fully saturated rings. The molecule has 0 saturated carbocycles. The summed E-state index contributed by atoms with van der Waals surface area (Å²) >= 11 is 0. The Labute approximate surface area is 93.1 Å². The van der Waals surface area contributed by atoms with Gasteiger partial charge in [0.25, 0.3) is 0 Å². The van der Waals surface area contributed by atoms with Crippen LogP contribution in [-0.2, 0) is 0 Å². The first-order valence-electron chi connectivity index (χ1n) is 5.12. The van der Waals surface area contributed by atoms with Gasteiger partial charge in [-0.1, -0.05) is 18.2 Å². The van der Waals surface area contributed by atoms with Gasteiger partial charge in [0, 0.05) is 11.4 Å². The Hall–Kier alpha value is -2.29. The number of rotatable bonds is 1. The summed E-state index contributed by atoms with van der Waals surface area (Å²) in [7, 11) is 0. The highest BCUT2D eigenvalue weighted by Gasteiger charge is 2.03. The zero-order valence-electron chi connectivity index (χ0n) is 8.67. The molecule has 0 amide bonds. The van der Waals surface area contributed by atoms with Crippen molar-refractivity contribution in [2.75, 3.05) is 5.73 Å². The van der Waals surface area contributed by atoms with Crippen LogP contribution in [0.5, 0.6) is 0 Å². The Bertz CT molecular complexity index is 640. The van der Waals surface area contributed by atoms with Gasteiger partial charge in [-0.15, -0.1) is 0 Å². The van der Waals surface area contributed by atoms with Crippen LogP contribution in [-0.4, -0.2) is 9.55 Å². The number of nitrogens with two attached hydrogens (primary N) is 1. The number of hydrogen-bond acceptors (Lipinski definition) is 2. The van der Waals surface area contributed by atoms with Crippen LogP contribution in [0.25, 0.3) is 16.7 Å². The first kappa shape index (κ1) is 8.97. The molecule has 0 aliphatic heterocycles. The number of nitrogen functional groups attached to an aromatic ring is 1. The highest BCUT2D eigenvalue weighted by Crippen LogP contribution is 2.18. The van der Waals surface area contributed by atoms with E-state index in [9.17, 15) is 0 Å². The second-order valence-corrected chi connectivity index (χ2v) is 3.70. The minimum Gasteiger partial charge on any atom is -0.399 e. The summed E-state index contributed by atoms with van der Waals surface area (Å²) in [4.78, 5) is 4.35. The fourth-order valence-corrected chi connectivity index (χ4v) is 1.84. The molecule has 0 atom stereocenters. The van der Waals surface area contributed by atoms with E-state index in [-0.39, 0.29) is 0 Å². The minimum absolute atomic E-state index is 0.760. The van der Waals surface area contributed by atoms with Crippen LogP contribution in [0.2, 0.25) is 0 Å². The molecule has 1 heterocycles. The average molecular weight is 209 g/mol. The van der Waals surface area contributed by atoms with E-state index < -0.39 is 0 Å². The van der Waals surface area contributed by atoms with E-state index in [1.165, 1.54) is 0 Å². The van der Waals surface area contributed by atoms with Crippen LogP contribution in [0.15, 0.2) is 54.9 Å². The van der Waals surface area contributed by atoms with Gasteiger partial charge >= 0.3 is 0 Å². The van der Waals surface area contributed by atoms with Crippen molar-refractivity contribution in [1.29, 1.82) is 0 Å². The van der Waals surface area contributed by atoms with Crippen molar-refractivity contribution in [3.8, 4) is 5.69 Å². The normalized spacial score (nSPS) is 10.8. The van der Waals surface area contributed by atoms with Crippen LogP contribution in [0.3, 0.4) is 0 Å². The van der Waals surface area contributed by atoms with Gasteiger partial charge in [0.1, 0.15) is 6.33 Å². The van der Waals surface area contributed by atoms with E-state index in [0.717, 1.165) is 22.4 Å². The molecule has 3 heteroatoms. The lowest BCUT2D eigenvalue weighted by molar-refractivity contribution is 1.09. The SMILES string of the molecule is Nc1cccc(-n2cnc3ccccc32)c1. The fourth-order valence-electron chi connectivity index (χ4n) is 1.84. The molecule has 0 saturated heterocycles. The van der Waals surface area contributed by atoms with E-state index in [2.05, 4.69) is 4.98 Å². The third-order valence-electron chi connectivity index (χ3n) is 2.60. The lowest BCUT2D eigenvalue weighted by Crippen LogP contribution is -1.93. The molecular formula is C13H11N3. The number of benzene rings is 2. The van der Waals surface area contributed by atoms with Gasteiger partial charge in [-0.05, 0) is 30.3 Å². The topological polar surface area (TPSA) is 43.8 Å². The number of anilines is 1. The molecule has 3 nitrogen and oxygen atoms in total. The van der Waals surface area contributed by atoms with Gasteiger partial charge in [0.05, 0.1) is 11.0 Å². The summed E-state index contributed by atoms with van der Waals surface area (Å²) in [5.74, 6) is 0. The van der Waals surface area contributed by atoms with Crippen molar-refractivity contribution in [3.05, 3.63) is 54.9 Å². The summed E-state index contributed by atoms with van der Waals surface area (Å²) < 4.78 is 2.03. The second-order valence-electron chi connectivity index (χ2n) is 3.70. The Kier molecular flexibility index (Phi) is 1.90. The Morgan fingerprint density at radius 3 is 2.75 bits per heavy atom. The van der Waals surface area contributed by atoms with Gasteiger partial charge in [-0.2, -0.15) is 0 Å². The first-order valence-corrected chi connectivity index (χ1v) is 5.12. The molecule has 78 valence electrons. The molecule has 3 aromatic rings. The zero-order valence-corrected chi connectivity index (χ0v) is 8.67. The predicted molar refractivity (Wildman–Crippen MR) is 65.5 cm³/mol. The van der Waals surface area contributed by atoms with Gasteiger partial charge in [0.2, 0.25) is 0 Å². The first-order chi connectivity index (χ1) is 7.84. The van der Waals surface area contributed by atoms with Crippen molar-refractivity contribution >= 4 is 16.7 Å². The van der Waals surface area contributed by atoms with Crippen molar-refractivity contribution in [1.82, 2.24) is 9.55 Å². The van der Waals surface area contributed by atoms with Crippen LogP contribution < -0.4 is 5.73 Å². The molecule has 2 N–H and O–H groups in total. The lowest BCUT2D eigenvalue weighted by Gasteiger charge is -2.04. The molecule has 0 spiro atoms. The standard InChI is InChI=1S/C13H11N3/c14-10-4-3-5-11(8-10)16-9-15-12-6-1-2-7-13(12)16/h1-9H,14H2. The van der Waals surface area contributed by atoms with E-state index >= 15 is 0 Å². The molecule has 0 bridgehead atoms. The van der Waals surface area contributed by atoms with E-state index in [0.29, 0.717) is 0 Å². The molecule has 0 radical (unpaired) electrons. The smallest absolute Gasteiger partial charge is 0.100 e. The summed E-state index contributed by atoms with van der Waals surface area (Å²) in [6.07, 6.45) is 1.82. The average Bonchev–Trinajstić information content (AvgIpc) is 2.72. The van der Waals surface area contributed by atoms with Gasteiger partial charge in [-0.3, -0.25) is 4.57 Å². The molecule has 3 rings (SSSR count). The number of nitrogens with zero attached hydrogens (tertiary/aromatic N) is 2. The third-order valence-corrected chi connectivity index (χ3v) is 2.60. The molecule has 0 aliphatic rings. The van der Waals surface area contributed by atoms with Crippen molar-refractivity contribution in [2.24, 2.45) is 0 Å². The summed E-state index contributed by atoms with van der Waals surface area (Å²) in [5, 5.41) is 0. The van der Waals surface area contributed by atoms with Gasteiger partial charge in [-0.25, -0.2) is 4.98 Å². The van der Waals surface area contributed by atoms with Crippen LogP contribution in [0.1, 0.15) is 0 Å². The molecule has 1 aromatic heterocycles. The Morgan fingerprint density at radius 2 is 1.88 bits per heavy atom. The second kappa shape index (κ2) is 3.38. The number of imidazole rings is 1. The summed E-state index contributed by atoms with van der Waals surface area (Å²) in [6, 6.07) is 15.8. The van der Waals surface area contributed by atoms with Crippen LogP contribution in [0, 0.1) is 0 Å². The monoisotopic (exact) mass is 209 g/mol. The number of para-hydroxylation sites is 2. The largest absolute Gasteiger partial charge is 0.399 e. The quantitative estimate of drug-likeness (QED) is 0.626. The number of aromatic nitrogens is 2.